The fourth-order valence-electron chi connectivity index (χ4n) is 3.33. The minimum Gasteiger partial charge on any atom is -0.394 e. The van der Waals surface area contributed by atoms with Gasteiger partial charge in [-0.15, -0.1) is 0 Å². The summed E-state index contributed by atoms with van der Waals surface area (Å²) in [5, 5.41) is 15.9. The number of hydrogen-bond acceptors (Lipinski definition) is 3. The van der Waals surface area contributed by atoms with Gasteiger partial charge in [-0.05, 0) is 44.9 Å². The number of amides is 1. The Morgan fingerprint density at radius 1 is 1.32 bits per heavy atom. The summed E-state index contributed by atoms with van der Waals surface area (Å²) in [6, 6.07) is 0.456. The molecule has 0 spiro atoms. The smallest absolute Gasteiger partial charge is 0.237 e. The van der Waals surface area contributed by atoms with E-state index in [1.807, 2.05) is 13.8 Å². The van der Waals surface area contributed by atoms with Crippen LogP contribution < -0.4 is 10.6 Å². The number of piperidine rings is 1. The monoisotopic (exact) mass is 268 g/mol. The molecule has 1 saturated heterocycles. The Balaban J connectivity index is 1.90. The third-order valence-corrected chi connectivity index (χ3v) is 5.02. The quantitative estimate of drug-likeness (QED) is 0.725. The van der Waals surface area contributed by atoms with Crippen LogP contribution in [0.25, 0.3) is 0 Å². The molecule has 3 N–H and O–H groups in total. The third kappa shape index (κ3) is 3.48. The predicted molar refractivity (Wildman–Crippen MR) is 75.8 cm³/mol. The summed E-state index contributed by atoms with van der Waals surface area (Å²) in [5.41, 5.74) is -0.484. The standard InChI is InChI=1S/C15H28N2O2/c1-3-15(2,10-18)17-14(19)13-9-8-11-6-4-5-7-12(11)16-13/h11-13,16,18H,3-10H2,1-2H3,(H,17,19). The summed E-state index contributed by atoms with van der Waals surface area (Å²) >= 11 is 0. The van der Waals surface area contributed by atoms with Crippen molar-refractivity contribution in [3.05, 3.63) is 0 Å². The van der Waals surface area contributed by atoms with Crippen molar-refractivity contribution in [3.8, 4) is 0 Å². The van der Waals surface area contributed by atoms with Crippen LogP contribution in [0.3, 0.4) is 0 Å². The summed E-state index contributed by atoms with van der Waals surface area (Å²) in [5.74, 6) is 0.829. The zero-order valence-electron chi connectivity index (χ0n) is 12.2. The first-order valence-corrected chi connectivity index (χ1v) is 7.77. The highest BCUT2D eigenvalue weighted by atomic mass is 16.3. The molecule has 110 valence electrons. The van der Waals surface area contributed by atoms with Crippen LogP contribution >= 0.6 is 0 Å². The number of hydrogen-bond donors (Lipinski definition) is 3. The summed E-state index contributed by atoms with van der Waals surface area (Å²) in [6.45, 7) is 3.88. The zero-order chi connectivity index (χ0) is 13.9. The molecule has 4 unspecified atom stereocenters. The minimum atomic E-state index is -0.484. The highest BCUT2D eigenvalue weighted by molar-refractivity contribution is 5.82. The van der Waals surface area contributed by atoms with E-state index in [1.165, 1.54) is 25.7 Å². The lowest BCUT2D eigenvalue weighted by atomic mass is 9.77. The van der Waals surface area contributed by atoms with E-state index >= 15 is 0 Å². The maximum absolute atomic E-state index is 12.3. The first-order valence-electron chi connectivity index (χ1n) is 7.77. The molecule has 19 heavy (non-hydrogen) atoms. The molecule has 0 aromatic heterocycles. The van der Waals surface area contributed by atoms with Crippen molar-refractivity contribution in [1.29, 1.82) is 0 Å². The van der Waals surface area contributed by atoms with Crippen molar-refractivity contribution < 1.29 is 9.90 Å². The van der Waals surface area contributed by atoms with Crippen LogP contribution in [-0.2, 0) is 4.79 Å². The first kappa shape index (κ1) is 14.8. The number of aliphatic hydroxyl groups excluding tert-OH is 1. The van der Waals surface area contributed by atoms with Gasteiger partial charge < -0.3 is 15.7 Å². The van der Waals surface area contributed by atoms with E-state index in [-0.39, 0.29) is 18.6 Å². The largest absolute Gasteiger partial charge is 0.394 e. The predicted octanol–water partition coefficient (Wildman–Crippen LogP) is 1.57. The fourth-order valence-corrected chi connectivity index (χ4v) is 3.33. The third-order valence-electron chi connectivity index (χ3n) is 5.02. The Bertz CT molecular complexity index is 315. The van der Waals surface area contributed by atoms with Gasteiger partial charge in [0.2, 0.25) is 5.91 Å². The highest BCUT2D eigenvalue weighted by Gasteiger charge is 2.36. The van der Waals surface area contributed by atoms with Crippen LogP contribution in [-0.4, -0.2) is 35.2 Å². The molecule has 1 amide bonds. The Kier molecular flexibility index (Phi) is 4.85. The molecule has 1 aliphatic carbocycles. The summed E-state index contributed by atoms with van der Waals surface area (Å²) in [6.07, 6.45) is 7.99. The van der Waals surface area contributed by atoms with Crippen LogP contribution in [0.4, 0.5) is 0 Å². The molecule has 0 radical (unpaired) electrons. The Labute approximate surface area is 116 Å². The van der Waals surface area contributed by atoms with Gasteiger partial charge in [-0.3, -0.25) is 4.79 Å². The van der Waals surface area contributed by atoms with Crippen LogP contribution in [0.15, 0.2) is 0 Å². The van der Waals surface area contributed by atoms with Crippen LogP contribution in [0.5, 0.6) is 0 Å². The van der Waals surface area contributed by atoms with E-state index in [4.69, 9.17) is 0 Å². The molecule has 2 fully saturated rings. The molecule has 4 nitrogen and oxygen atoms in total. The maximum atomic E-state index is 12.3. The molecule has 1 aliphatic heterocycles. The first-order chi connectivity index (χ1) is 9.08. The molecule has 0 bridgehead atoms. The summed E-state index contributed by atoms with van der Waals surface area (Å²) < 4.78 is 0. The lowest BCUT2D eigenvalue weighted by Crippen LogP contribution is -2.59. The number of fused-ring (bicyclic) bond motifs is 1. The van der Waals surface area contributed by atoms with Gasteiger partial charge in [0, 0.05) is 6.04 Å². The van der Waals surface area contributed by atoms with Crippen LogP contribution in [0.1, 0.15) is 58.8 Å². The van der Waals surface area contributed by atoms with Gasteiger partial charge in [0.25, 0.3) is 0 Å². The number of aliphatic hydroxyl groups is 1. The molecule has 4 heteroatoms. The van der Waals surface area contributed by atoms with Crippen LogP contribution in [0.2, 0.25) is 0 Å². The van der Waals surface area contributed by atoms with E-state index in [0.717, 1.165) is 25.2 Å². The normalized spacial score (nSPS) is 34.2. The van der Waals surface area contributed by atoms with Gasteiger partial charge in [0.05, 0.1) is 18.2 Å². The lowest BCUT2D eigenvalue weighted by molar-refractivity contribution is -0.127. The van der Waals surface area contributed by atoms with Crippen molar-refractivity contribution in [1.82, 2.24) is 10.6 Å². The molecular formula is C15H28N2O2. The fraction of sp³-hybridized carbons (Fsp3) is 0.933. The van der Waals surface area contributed by atoms with Crippen molar-refractivity contribution in [3.63, 3.8) is 0 Å². The average Bonchev–Trinajstić information content (AvgIpc) is 2.46. The topological polar surface area (TPSA) is 61.4 Å². The SMILES string of the molecule is CCC(C)(CO)NC(=O)C1CCC2CCCCC2N1. The van der Waals surface area contributed by atoms with Crippen molar-refractivity contribution in [2.45, 2.75) is 76.4 Å². The van der Waals surface area contributed by atoms with Gasteiger partial charge in [0.1, 0.15) is 0 Å². The summed E-state index contributed by atoms with van der Waals surface area (Å²) in [7, 11) is 0. The van der Waals surface area contributed by atoms with Gasteiger partial charge in [0.15, 0.2) is 0 Å². The molecular weight excluding hydrogens is 240 g/mol. The highest BCUT2D eigenvalue weighted by Crippen LogP contribution is 2.32. The van der Waals surface area contributed by atoms with Gasteiger partial charge >= 0.3 is 0 Å². The van der Waals surface area contributed by atoms with Gasteiger partial charge in [-0.25, -0.2) is 0 Å². The lowest BCUT2D eigenvalue weighted by Gasteiger charge is -2.41. The number of carbonyl (C=O) groups is 1. The second-order valence-corrected chi connectivity index (χ2v) is 6.51. The van der Waals surface area contributed by atoms with E-state index < -0.39 is 5.54 Å². The zero-order valence-corrected chi connectivity index (χ0v) is 12.2. The van der Waals surface area contributed by atoms with Crippen molar-refractivity contribution in [2.75, 3.05) is 6.61 Å². The molecule has 1 saturated carbocycles. The second kappa shape index (κ2) is 6.23. The Morgan fingerprint density at radius 2 is 2.05 bits per heavy atom. The van der Waals surface area contributed by atoms with Crippen LogP contribution in [0, 0.1) is 5.92 Å². The number of rotatable bonds is 4. The number of carbonyl (C=O) groups excluding carboxylic acids is 1. The average molecular weight is 268 g/mol. The molecule has 2 aliphatic rings. The van der Waals surface area contributed by atoms with Crippen molar-refractivity contribution in [2.24, 2.45) is 5.92 Å². The van der Waals surface area contributed by atoms with E-state index in [0.29, 0.717) is 6.04 Å². The molecule has 1 heterocycles. The maximum Gasteiger partial charge on any atom is 0.237 e. The van der Waals surface area contributed by atoms with Gasteiger partial charge in [-0.1, -0.05) is 19.8 Å². The summed E-state index contributed by atoms with van der Waals surface area (Å²) in [4.78, 5) is 12.3. The Morgan fingerprint density at radius 3 is 2.74 bits per heavy atom. The molecule has 2 rings (SSSR count). The Hall–Kier alpha value is -0.610. The second-order valence-electron chi connectivity index (χ2n) is 6.51. The minimum absolute atomic E-state index is 0.00594. The van der Waals surface area contributed by atoms with E-state index in [2.05, 4.69) is 10.6 Å². The molecule has 0 aromatic carbocycles. The van der Waals surface area contributed by atoms with E-state index in [9.17, 15) is 9.90 Å². The van der Waals surface area contributed by atoms with E-state index in [1.54, 1.807) is 0 Å². The van der Waals surface area contributed by atoms with Gasteiger partial charge in [-0.2, -0.15) is 0 Å². The molecule has 4 atom stereocenters. The number of nitrogens with one attached hydrogen (secondary N) is 2. The van der Waals surface area contributed by atoms with Crippen molar-refractivity contribution >= 4 is 5.91 Å². The molecule has 0 aromatic rings.